The number of rotatable bonds is 2. The van der Waals surface area contributed by atoms with Gasteiger partial charge in [0.2, 0.25) is 0 Å². The van der Waals surface area contributed by atoms with Crippen molar-refractivity contribution in [1.29, 1.82) is 5.26 Å². The van der Waals surface area contributed by atoms with Crippen molar-refractivity contribution >= 4 is 0 Å². The van der Waals surface area contributed by atoms with Crippen LogP contribution in [0.2, 0.25) is 47.7 Å². The Labute approximate surface area is 78.5 Å². The van der Waals surface area contributed by atoms with Crippen LogP contribution >= 0.6 is 0 Å². The van der Waals surface area contributed by atoms with Crippen LogP contribution < -0.4 is 0 Å². The molecule has 0 aliphatic carbocycles. The van der Waals surface area contributed by atoms with Gasteiger partial charge in [-0.1, -0.05) is 0 Å². The second kappa shape index (κ2) is 0.361. The van der Waals surface area contributed by atoms with Gasteiger partial charge in [-0.3, -0.25) is 0 Å². The Morgan fingerprint density at radius 3 is 1.73 bits per heavy atom. The molecule has 0 saturated carbocycles. The number of hydrogen-bond donors (Lipinski definition) is 0. The van der Waals surface area contributed by atoms with Gasteiger partial charge in [-0.2, -0.15) is 0 Å². The summed E-state index contributed by atoms with van der Waals surface area (Å²) in [6, 6.07) is 2.47. The fraction of sp³-hybridized carbons (Fsp3) is 0.923. The summed E-state index contributed by atoms with van der Waals surface area (Å²) >= 11 is 0. The molecule has 10 saturated heterocycles. The third-order valence-corrected chi connectivity index (χ3v) is 58.6. The van der Waals surface area contributed by atoms with Gasteiger partial charge in [0.05, 0.1) is 0 Å². The summed E-state index contributed by atoms with van der Waals surface area (Å²) in [5.41, 5.74) is 0. The van der Waals surface area contributed by atoms with Gasteiger partial charge in [0.15, 0.2) is 0 Å². The standard InChI is InChI=1S/C8H8N.C5H5.Fe/c9-7-3-6-8-4-1-2-5-8;1-2-4-5-3-1;/h1-2,4-5H,3,6H2;1-5H;. The zero-order chi connectivity index (χ0) is 9.13. The molecular weight excluding hydrogens is 226 g/mol. The van der Waals surface area contributed by atoms with Crippen LogP contribution in [0, 0.1) is 11.3 Å². The van der Waals surface area contributed by atoms with E-state index >= 15 is 0 Å². The first kappa shape index (κ1) is 5.11. The van der Waals surface area contributed by atoms with Gasteiger partial charge in [-0.15, -0.1) is 0 Å². The number of nitrogens with zero attached hydrogens (tertiary/aromatic N) is 1. The second-order valence-electron chi connectivity index (χ2n) is 10.5. The van der Waals surface area contributed by atoms with E-state index in [2.05, 4.69) is 6.07 Å². The van der Waals surface area contributed by atoms with Crippen molar-refractivity contribution in [3.8, 4) is 6.07 Å². The Bertz CT molecular complexity index is 870. The average molecular weight is 239 g/mol. The summed E-state index contributed by atoms with van der Waals surface area (Å²) in [4.78, 5) is 13.0. The minimum atomic E-state index is -2.72. The molecule has 0 radical (unpaired) electrons. The molecule has 0 aromatic rings. The normalized spacial score (nSPS) is 133. The molecule has 1 nitrogen and oxygen atoms in total. The molecular formula is C13H13FeN. The van der Waals surface area contributed by atoms with Crippen LogP contribution in [0.1, 0.15) is 12.8 Å². The number of nitriles is 1. The van der Waals surface area contributed by atoms with Crippen LogP contribution in [0.5, 0.6) is 0 Å². The molecule has 10 aliphatic heterocycles. The minimum absolute atomic E-state index is 0.920. The molecule has 10 fully saturated rings. The summed E-state index contributed by atoms with van der Waals surface area (Å²) in [6.45, 7) is -2.72. The van der Waals surface area contributed by atoms with E-state index in [1.54, 1.807) is 0 Å². The number of hydrogen-bond acceptors (Lipinski definition) is 1. The van der Waals surface area contributed by atoms with Crippen molar-refractivity contribution in [2.24, 2.45) is 0 Å². The SMILES string of the molecule is N#CCC[C]12[CH]3[CH]4[CH]5[CH]1[Fe]45321678[CH]2[CH]1[CH]6[CH]7[CH]28. The molecule has 0 aromatic heterocycles. The Kier molecular flexibility index (Phi) is 0.123. The van der Waals surface area contributed by atoms with E-state index in [4.69, 9.17) is 5.26 Å². The third-order valence-electron chi connectivity index (χ3n) is 15.6. The maximum absolute atomic E-state index is 8.93. The quantitative estimate of drug-likeness (QED) is 0.667. The van der Waals surface area contributed by atoms with Gasteiger partial charge in [0.25, 0.3) is 0 Å². The van der Waals surface area contributed by atoms with Crippen LogP contribution in [0.4, 0.5) is 0 Å². The van der Waals surface area contributed by atoms with E-state index in [9.17, 15) is 0 Å². The third kappa shape index (κ3) is 0.0425. The molecule has 15 heavy (non-hydrogen) atoms. The van der Waals surface area contributed by atoms with Gasteiger partial charge in [-0.25, -0.2) is 0 Å². The molecule has 10 aliphatic rings. The van der Waals surface area contributed by atoms with Crippen LogP contribution in [-0.4, -0.2) is 0 Å². The van der Waals surface area contributed by atoms with Crippen molar-refractivity contribution in [3.63, 3.8) is 0 Å². The molecule has 4 unspecified atom stereocenters. The molecule has 0 amide bonds. The van der Waals surface area contributed by atoms with E-state index in [1.165, 1.54) is 49.8 Å². The molecule has 10 rings (SSSR count). The first-order valence-corrected chi connectivity index (χ1v) is 13.0. The monoisotopic (exact) mass is 239 g/mol. The molecule has 0 aromatic carbocycles. The van der Waals surface area contributed by atoms with Crippen molar-refractivity contribution in [3.05, 3.63) is 0 Å². The predicted octanol–water partition coefficient (Wildman–Crippen LogP) is 4.05. The van der Waals surface area contributed by atoms with Crippen LogP contribution in [-0.2, 0) is 6.51 Å². The van der Waals surface area contributed by atoms with Crippen LogP contribution in [0.15, 0.2) is 0 Å². The summed E-state index contributed by atoms with van der Waals surface area (Å²) in [5, 5.41) is 8.93. The summed E-state index contributed by atoms with van der Waals surface area (Å²) < 4.78 is 1.02. The zero-order valence-electron chi connectivity index (χ0n) is 8.41. The molecule has 1 spiro atoms. The maximum atomic E-state index is 8.93. The number of fused-ring (bicyclic) bond motifs is 10. The van der Waals surface area contributed by atoms with Gasteiger partial charge in [-0.05, 0) is 0 Å². The first-order valence-electron chi connectivity index (χ1n) is 6.69. The van der Waals surface area contributed by atoms with Crippen molar-refractivity contribution in [2.75, 3.05) is 0 Å². The Morgan fingerprint density at radius 2 is 1.47 bits per heavy atom. The molecule has 2 heteroatoms. The fourth-order valence-electron chi connectivity index (χ4n) is 17.6. The summed E-state index contributed by atoms with van der Waals surface area (Å²) in [7, 11) is 0. The zero-order valence-corrected chi connectivity index (χ0v) is 9.52. The predicted molar refractivity (Wildman–Crippen MR) is 51.3 cm³/mol. The van der Waals surface area contributed by atoms with E-state index in [1.807, 2.05) is 0 Å². The van der Waals surface area contributed by atoms with E-state index in [-0.39, 0.29) is 0 Å². The average Bonchev–Trinajstić information content (AvgIpc) is 3.18. The van der Waals surface area contributed by atoms with Gasteiger partial charge in [0.1, 0.15) is 0 Å². The van der Waals surface area contributed by atoms with E-state index in [0.717, 1.165) is 10.7 Å². The van der Waals surface area contributed by atoms with Gasteiger partial charge < -0.3 is 0 Å². The second-order valence-corrected chi connectivity index (χ2v) is 34.2. The molecule has 78 valence electrons. The van der Waals surface area contributed by atoms with Crippen molar-refractivity contribution < 1.29 is 6.51 Å². The summed E-state index contributed by atoms with van der Waals surface area (Å²) in [6.07, 6.45) is 2.33. The van der Waals surface area contributed by atoms with Gasteiger partial charge in [0, 0.05) is 0 Å². The van der Waals surface area contributed by atoms with E-state index in [0.29, 0.717) is 0 Å². The molecule has 4 atom stereocenters. The fourth-order valence-corrected chi connectivity index (χ4v) is 92.9. The Hall–Kier alpha value is 0.00948. The molecule has 0 bridgehead atoms. The Balaban J connectivity index is 1.68. The van der Waals surface area contributed by atoms with Gasteiger partial charge >= 0.3 is 78.3 Å². The first-order chi connectivity index (χ1) is 7.11. The molecule has 10 heterocycles. The van der Waals surface area contributed by atoms with Crippen molar-refractivity contribution in [1.82, 2.24) is 0 Å². The van der Waals surface area contributed by atoms with Crippen molar-refractivity contribution in [2.45, 2.75) is 60.5 Å². The molecule has 0 N–H and O–H groups in total. The summed E-state index contributed by atoms with van der Waals surface area (Å²) in [5.74, 6) is 0. The van der Waals surface area contributed by atoms with Crippen LogP contribution in [0.25, 0.3) is 0 Å². The van der Waals surface area contributed by atoms with Crippen LogP contribution in [0.3, 0.4) is 0 Å². The Morgan fingerprint density at radius 1 is 0.933 bits per heavy atom. The van der Waals surface area contributed by atoms with E-state index < -0.39 is 6.51 Å². The topological polar surface area (TPSA) is 23.8 Å².